The number of imidazole rings is 1. The molecule has 34 heavy (non-hydrogen) atoms. The first kappa shape index (κ1) is 23.4. The minimum Gasteiger partial charge on any atom is -0.497 e. The number of nitrogens with zero attached hydrogens (tertiary/aromatic N) is 3. The zero-order chi connectivity index (χ0) is 23.1. The molecule has 4 aromatic rings. The van der Waals surface area contributed by atoms with Crippen molar-refractivity contribution >= 4 is 23.9 Å². The minimum absolute atomic E-state index is 0. The van der Waals surface area contributed by atoms with Crippen LogP contribution in [0.4, 0.5) is 4.39 Å². The summed E-state index contributed by atoms with van der Waals surface area (Å²) in [5.41, 5.74) is 5.71. The number of ketones is 1. The van der Waals surface area contributed by atoms with Crippen molar-refractivity contribution in [2.45, 2.75) is 20.4 Å². The van der Waals surface area contributed by atoms with Gasteiger partial charge in [0.1, 0.15) is 17.4 Å². The number of carbonyl (C=O) groups excluding carboxylic acids is 1. The van der Waals surface area contributed by atoms with Gasteiger partial charge in [-0.05, 0) is 68.4 Å². The number of Topliss-reactive ketones (excluding diaryl/α,β-unsaturated/α-hetero) is 1. The second kappa shape index (κ2) is 9.23. The van der Waals surface area contributed by atoms with Crippen molar-refractivity contribution in [2.24, 2.45) is 4.99 Å². The van der Waals surface area contributed by atoms with Crippen molar-refractivity contribution in [3.8, 4) is 22.7 Å². The minimum atomic E-state index is -0.360. The lowest BCUT2D eigenvalue weighted by Crippen LogP contribution is -2.11. The molecule has 0 spiro atoms. The number of benzene rings is 3. The van der Waals surface area contributed by atoms with Crippen LogP contribution in [0.1, 0.15) is 39.9 Å². The highest BCUT2D eigenvalue weighted by Gasteiger charge is 2.26. The Morgan fingerprint density at radius 3 is 2.44 bits per heavy atom. The predicted molar refractivity (Wildman–Crippen MR) is 133 cm³/mol. The smallest absolute Gasteiger partial charge is 0.159 e. The van der Waals surface area contributed by atoms with Gasteiger partial charge in [0.05, 0.1) is 36.4 Å². The molecule has 0 saturated heterocycles. The quantitative estimate of drug-likeness (QED) is 0.342. The van der Waals surface area contributed by atoms with E-state index in [9.17, 15) is 9.18 Å². The molecule has 0 saturated carbocycles. The first-order chi connectivity index (χ1) is 16.0. The third kappa shape index (κ3) is 3.90. The number of hydrogen-bond acceptors (Lipinski definition) is 4. The molecule has 0 amide bonds. The van der Waals surface area contributed by atoms with E-state index in [0.717, 1.165) is 34.2 Å². The van der Waals surface area contributed by atoms with Crippen LogP contribution in [0.25, 0.3) is 16.9 Å². The molecule has 1 aliphatic rings. The molecule has 0 N–H and O–H groups in total. The van der Waals surface area contributed by atoms with Crippen molar-refractivity contribution in [1.82, 2.24) is 9.55 Å². The maximum atomic E-state index is 14.8. The standard InChI is InChI=1S/C27H22FN3O2.ClH/c1-16-27(18-8-11-20(33-3)12-9-18)31-24-13-10-19(17(2)32)14-22(24)26(29-15-25(31)30-16)21-6-4-5-7-23(21)28;/h4-14H,15H2,1-3H3;1H. The molecule has 2 heterocycles. The monoisotopic (exact) mass is 475 g/mol. The van der Waals surface area contributed by atoms with E-state index in [0.29, 0.717) is 22.4 Å². The molecule has 172 valence electrons. The number of rotatable bonds is 4. The lowest BCUT2D eigenvalue weighted by atomic mass is 9.96. The van der Waals surface area contributed by atoms with Crippen molar-refractivity contribution in [2.75, 3.05) is 7.11 Å². The van der Waals surface area contributed by atoms with Crippen LogP contribution in [-0.4, -0.2) is 28.2 Å². The van der Waals surface area contributed by atoms with E-state index < -0.39 is 0 Å². The zero-order valence-corrected chi connectivity index (χ0v) is 19.8. The average molecular weight is 476 g/mol. The van der Waals surface area contributed by atoms with E-state index in [1.54, 1.807) is 37.4 Å². The molecule has 0 fully saturated rings. The number of hydrogen-bond donors (Lipinski definition) is 0. The van der Waals surface area contributed by atoms with Crippen LogP contribution in [-0.2, 0) is 6.54 Å². The van der Waals surface area contributed by atoms with Gasteiger partial charge < -0.3 is 4.74 Å². The lowest BCUT2D eigenvalue weighted by molar-refractivity contribution is 0.101. The van der Waals surface area contributed by atoms with Crippen LogP contribution < -0.4 is 4.74 Å². The Morgan fingerprint density at radius 1 is 1.03 bits per heavy atom. The first-order valence-corrected chi connectivity index (χ1v) is 10.7. The van der Waals surface area contributed by atoms with E-state index >= 15 is 0 Å². The number of methoxy groups -OCH3 is 1. The molecule has 0 radical (unpaired) electrons. The van der Waals surface area contributed by atoms with Crippen LogP contribution >= 0.6 is 12.4 Å². The number of fused-ring (bicyclic) bond motifs is 3. The van der Waals surface area contributed by atoms with Gasteiger partial charge in [0.25, 0.3) is 0 Å². The van der Waals surface area contributed by atoms with E-state index in [1.165, 1.54) is 13.0 Å². The van der Waals surface area contributed by atoms with E-state index in [2.05, 4.69) is 4.57 Å². The summed E-state index contributed by atoms with van der Waals surface area (Å²) in [6, 6.07) is 19.8. The summed E-state index contributed by atoms with van der Waals surface area (Å²) in [6.07, 6.45) is 0. The van der Waals surface area contributed by atoms with E-state index in [4.69, 9.17) is 14.7 Å². The summed E-state index contributed by atoms with van der Waals surface area (Å²) in [7, 11) is 1.63. The largest absolute Gasteiger partial charge is 0.497 e. The molecule has 1 aliphatic heterocycles. The third-order valence-corrected chi connectivity index (χ3v) is 5.89. The Hall–Kier alpha value is -3.77. The van der Waals surface area contributed by atoms with Gasteiger partial charge in [-0.25, -0.2) is 9.37 Å². The van der Waals surface area contributed by atoms with Gasteiger partial charge in [-0.1, -0.05) is 12.1 Å². The number of ether oxygens (including phenoxy) is 1. The Balaban J connectivity index is 0.00000274. The van der Waals surface area contributed by atoms with Crippen LogP contribution in [0.5, 0.6) is 5.75 Å². The van der Waals surface area contributed by atoms with Gasteiger partial charge in [-0.3, -0.25) is 14.4 Å². The molecular formula is C27H23ClFN3O2. The van der Waals surface area contributed by atoms with Crippen molar-refractivity contribution in [3.63, 3.8) is 0 Å². The molecule has 7 heteroatoms. The number of aromatic nitrogens is 2. The normalized spacial score (nSPS) is 12.1. The maximum Gasteiger partial charge on any atom is 0.159 e. The molecule has 5 nitrogen and oxygen atoms in total. The average Bonchev–Trinajstić information content (AvgIpc) is 3.07. The highest BCUT2D eigenvalue weighted by Crippen LogP contribution is 2.34. The molecular weight excluding hydrogens is 453 g/mol. The topological polar surface area (TPSA) is 56.5 Å². The van der Waals surface area contributed by atoms with Gasteiger partial charge >= 0.3 is 0 Å². The number of aryl methyl sites for hydroxylation is 1. The summed E-state index contributed by atoms with van der Waals surface area (Å²) >= 11 is 0. The fourth-order valence-corrected chi connectivity index (χ4v) is 4.30. The Morgan fingerprint density at radius 2 is 1.76 bits per heavy atom. The molecule has 0 unspecified atom stereocenters. The molecule has 3 aromatic carbocycles. The van der Waals surface area contributed by atoms with Gasteiger partial charge in [0.15, 0.2) is 5.78 Å². The molecule has 0 atom stereocenters. The Labute approximate surface area is 203 Å². The fraction of sp³-hybridized carbons (Fsp3) is 0.148. The molecule has 0 aliphatic carbocycles. The Bertz CT molecular complexity index is 1420. The second-order valence-electron chi connectivity index (χ2n) is 7.96. The fourth-order valence-electron chi connectivity index (χ4n) is 4.30. The van der Waals surface area contributed by atoms with Gasteiger partial charge in [-0.2, -0.15) is 0 Å². The van der Waals surface area contributed by atoms with Crippen LogP contribution in [0.3, 0.4) is 0 Å². The molecule has 1 aromatic heterocycles. The lowest BCUT2D eigenvalue weighted by Gasteiger charge is -2.16. The van der Waals surface area contributed by atoms with Crippen molar-refractivity contribution in [1.29, 1.82) is 0 Å². The summed E-state index contributed by atoms with van der Waals surface area (Å²) in [5, 5.41) is 0. The van der Waals surface area contributed by atoms with Crippen LogP contribution in [0.15, 0.2) is 71.7 Å². The summed E-state index contributed by atoms with van der Waals surface area (Å²) < 4.78 is 22.2. The van der Waals surface area contributed by atoms with Crippen molar-refractivity contribution < 1.29 is 13.9 Å². The zero-order valence-electron chi connectivity index (χ0n) is 19.0. The van der Waals surface area contributed by atoms with E-state index in [-0.39, 0.29) is 30.6 Å². The summed E-state index contributed by atoms with van der Waals surface area (Å²) in [5.74, 6) is 1.10. The SMILES string of the molecule is COc1ccc(-c2c(C)nc3n2-c2ccc(C(C)=O)cc2C(c2ccccc2F)=NC3)cc1.Cl. The van der Waals surface area contributed by atoms with Crippen molar-refractivity contribution in [3.05, 3.63) is 101 Å². The maximum absolute atomic E-state index is 14.8. The second-order valence-corrected chi connectivity index (χ2v) is 7.96. The van der Waals surface area contributed by atoms with Crippen LogP contribution in [0, 0.1) is 12.7 Å². The van der Waals surface area contributed by atoms with Gasteiger partial charge in [0, 0.05) is 22.3 Å². The van der Waals surface area contributed by atoms with E-state index in [1.807, 2.05) is 37.3 Å². The number of carbonyl (C=O) groups is 1. The molecule has 0 bridgehead atoms. The predicted octanol–water partition coefficient (Wildman–Crippen LogP) is 5.97. The van der Waals surface area contributed by atoms with Crippen LogP contribution in [0.2, 0.25) is 0 Å². The first-order valence-electron chi connectivity index (χ1n) is 10.7. The van der Waals surface area contributed by atoms with Gasteiger partial charge in [-0.15, -0.1) is 12.4 Å². The third-order valence-electron chi connectivity index (χ3n) is 5.89. The molecule has 5 rings (SSSR count). The number of aliphatic imine (C=N–C) groups is 1. The van der Waals surface area contributed by atoms with Gasteiger partial charge in [0.2, 0.25) is 0 Å². The Kier molecular flexibility index (Phi) is 6.35. The number of halogens is 2. The highest BCUT2D eigenvalue weighted by atomic mass is 35.5. The summed E-state index contributed by atoms with van der Waals surface area (Å²) in [6.45, 7) is 3.77. The highest BCUT2D eigenvalue weighted by molar-refractivity contribution is 6.16. The summed E-state index contributed by atoms with van der Waals surface area (Å²) in [4.78, 5) is 21.8.